The van der Waals surface area contributed by atoms with Crippen LogP contribution in [0.1, 0.15) is 26.7 Å². The van der Waals surface area contributed by atoms with Crippen LogP contribution in [0.4, 0.5) is 0 Å². The van der Waals surface area contributed by atoms with Crippen molar-refractivity contribution in [3.63, 3.8) is 0 Å². The fraction of sp³-hybridized carbons (Fsp3) is 0.818. The Labute approximate surface area is 100 Å². The summed E-state index contributed by atoms with van der Waals surface area (Å²) in [6, 6.07) is 2.18. The topological polar surface area (TPSA) is 73.1 Å². The molecule has 5 heteroatoms. The van der Waals surface area contributed by atoms with Crippen LogP contribution in [-0.2, 0) is 4.79 Å². The maximum Gasteiger partial charge on any atom is 0.231 e. The number of rotatable bonds is 6. The predicted molar refractivity (Wildman–Crippen MR) is 63.9 cm³/mol. The highest BCUT2D eigenvalue weighted by molar-refractivity contribution is 8.00. The largest absolute Gasteiger partial charge is 0.395 e. The molecule has 0 aromatic rings. The first-order valence-corrected chi connectivity index (χ1v) is 6.51. The molecule has 2 atom stereocenters. The molecular formula is C11H18N2O2S. The number of carbonyl (C=O) groups excluding carboxylic acids is 1. The van der Waals surface area contributed by atoms with E-state index in [0.717, 1.165) is 12.8 Å². The molecule has 1 fully saturated rings. The maximum atomic E-state index is 11.6. The van der Waals surface area contributed by atoms with Crippen LogP contribution in [-0.4, -0.2) is 34.2 Å². The maximum absolute atomic E-state index is 11.6. The molecule has 90 valence electrons. The number of nitriles is 1. The zero-order valence-corrected chi connectivity index (χ0v) is 10.5. The highest BCUT2D eigenvalue weighted by Crippen LogP contribution is 2.39. The van der Waals surface area contributed by atoms with Gasteiger partial charge in [0.05, 0.1) is 18.4 Å². The summed E-state index contributed by atoms with van der Waals surface area (Å²) in [5.74, 6) is 0.481. The minimum absolute atomic E-state index is 0.0556. The van der Waals surface area contributed by atoms with Gasteiger partial charge in [0, 0.05) is 5.25 Å². The monoisotopic (exact) mass is 242 g/mol. The molecule has 0 aromatic heterocycles. The van der Waals surface area contributed by atoms with Gasteiger partial charge in [-0.2, -0.15) is 5.26 Å². The number of hydrogen-bond acceptors (Lipinski definition) is 4. The molecule has 0 unspecified atom stereocenters. The molecule has 2 N–H and O–H groups in total. The SMILES string of the molecule is C[C@@H](CO)SCC(=O)N[C@@](C)(C#N)C1CC1. The van der Waals surface area contributed by atoms with E-state index in [1.165, 1.54) is 11.8 Å². The lowest BCUT2D eigenvalue weighted by Gasteiger charge is -2.23. The summed E-state index contributed by atoms with van der Waals surface area (Å²) >= 11 is 1.40. The highest BCUT2D eigenvalue weighted by atomic mass is 32.2. The van der Waals surface area contributed by atoms with E-state index in [9.17, 15) is 4.79 Å². The van der Waals surface area contributed by atoms with Crippen LogP contribution < -0.4 is 5.32 Å². The highest BCUT2D eigenvalue weighted by Gasteiger charge is 2.42. The fourth-order valence-electron chi connectivity index (χ4n) is 1.48. The van der Waals surface area contributed by atoms with Gasteiger partial charge in [-0.15, -0.1) is 11.8 Å². The lowest BCUT2D eigenvalue weighted by molar-refractivity contribution is -0.119. The molecule has 0 spiro atoms. The van der Waals surface area contributed by atoms with E-state index < -0.39 is 5.54 Å². The molecule has 1 rings (SSSR count). The summed E-state index contributed by atoms with van der Waals surface area (Å²) in [5, 5.41) is 20.7. The van der Waals surface area contributed by atoms with E-state index in [2.05, 4.69) is 11.4 Å². The molecule has 0 heterocycles. The molecule has 1 amide bonds. The van der Waals surface area contributed by atoms with Gasteiger partial charge in [0.1, 0.15) is 5.54 Å². The second-order valence-corrected chi connectivity index (χ2v) is 5.87. The quantitative estimate of drug-likeness (QED) is 0.726. The summed E-state index contributed by atoms with van der Waals surface area (Å²) in [5.41, 5.74) is -0.708. The number of thioether (sulfide) groups is 1. The number of amides is 1. The van der Waals surface area contributed by atoms with E-state index in [0.29, 0.717) is 11.7 Å². The summed E-state index contributed by atoms with van der Waals surface area (Å²) < 4.78 is 0. The van der Waals surface area contributed by atoms with Crippen molar-refractivity contribution in [2.75, 3.05) is 12.4 Å². The molecule has 0 bridgehead atoms. The zero-order valence-electron chi connectivity index (χ0n) is 9.69. The average Bonchev–Trinajstić information content (AvgIpc) is 3.09. The molecule has 1 aliphatic rings. The van der Waals surface area contributed by atoms with E-state index >= 15 is 0 Å². The number of nitrogens with zero attached hydrogens (tertiary/aromatic N) is 1. The number of aliphatic hydroxyl groups excluding tert-OH is 1. The van der Waals surface area contributed by atoms with Crippen molar-refractivity contribution in [1.82, 2.24) is 5.32 Å². The Morgan fingerprint density at radius 1 is 1.75 bits per heavy atom. The third-order valence-corrected chi connectivity index (χ3v) is 3.93. The van der Waals surface area contributed by atoms with Crippen molar-refractivity contribution in [2.45, 2.75) is 37.5 Å². The van der Waals surface area contributed by atoms with Gasteiger partial charge in [0.25, 0.3) is 0 Å². The number of hydrogen-bond donors (Lipinski definition) is 2. The fourth-order valence-corrected chi connectivity index (χ4v) is 2.09. The Kier molecular flexibility index (Phi) is 4.63. The standard InChI is InChI=1S/C11H18N2O2S/c1-8(5-14)16-6-10(15)13-11(2,7-12)9-3-4-9/h8-9,14H,3-6H2,1-2H3,(H,13,15)/t8-,11-/m0/s1. The van der Waals surface area contributed by atoms with Crippen molar-refractivity contribution in [2.24, 2.45) is 5.92 Å². The predicted octanol–water partition coefficient (Wildman–Crippen LogP) is 0.909. The molecule has 16 heavy (non-hydrogen) atoms. The zero-order chi connectivity index (χ0) is 12.2. The van der Waals surface area contributed by atoms with Gasteiger partial charge in [-0.1, -0.05) is 6.92 Å². The van der Waals surface area contributed by atoms with Crippen LogP contribution in [0.3, 0.4) is 0 Å². The van der Waals surface area contributed by atoms with Crippen LogP contribution in [0.15, 0.2) is 0 Å². The Morgan fingerprint density at radius 2 is 2.38 bits per heavy atom. The van der Waals surface area contributed by atoms with Gasteiger partial charge in [0.2, 0.25) is 5.91 Å². The number of carbonyl (C=O) groups is 1. The molecule has 4 nitrogen and oxygen atoms in total. The van der Waals surface area contributed by atoms with Crippen LogP contribution >= 0.6 is 11.8 Å². The summed E-state index contributed by atoms with van der Waals surface area (Å²) in [7, 11) is 0. The molecule has 0 radical (unpaired) electrons. The first kappa shape index (κ1) is 13.3. The van der Waals surface area contributed by atoms with Gasteiger partial charge in [-0.3, -0.25) is 4.79 Å². The van der Waals surface area contributed by atoms with E-state index in [1.807, 2.05) is 6.92 Å². The van der Waals surface area contributed by atoms with Gasteiger partial charge in [-0.05, 0) is 25.7 Å². The lowest BCUT2D eigenvalue weighted by atomic mass is 9.98. The second-order valence-electron chi connectivity index (χ2n) is 4.44. The van der Waals surface area contributed by atoms with E-state index in [4.69, 9.17) is 10.4 Å². The molecule has 1 saturated carbocycles. The van der Waals surface area contributed by atoms with Crippen molar-refractivity contribution in [3.05, 3.63) is 0 Å². The minimum Gasteiger partial charge on any atom is -0.395 e. The smallest absolute Gasteiger partial charge is 0.231 e. The Morgan fingerprint density at radius 3 is 2.81 bits per heavy atom. The molecule has 1 aliphatic carbocycles. The second kappa shape index (κ2) is 5.55. The number of nitrogens with one attached hydrogen (secondary N) is 1. The summed E-state index contributed by atoms with van der Waals surface area (Å²) in [4.78, 5) is 11.6. The van der Waals surface area contributed by atoms with Gasteiger partial charge < -0.3 is 10.4 Å². The minimum atomic E-state index is -0.708. The van der Waals surface area contributed by atoms with Crippen LogP contribution in [0.25, 0.3) is 0 Å². The van der Waals surface area contributed by atoms with Crippen LogP contribution in [0.2, 0.25) is 0 Å². The third-order valence-electron chi connectivity index (χ3n) is 2.78. The van der Waals surface area contributed by atoms with Crippen LogP contribution in [0.5, 0.6) is 0 Å². The third kappa shape index (κ3) is 3.69. The first-order valence-electron chi connectivity index (χ1n) is 5.46. The van der Waals surface area contributed by atoms with Crippen molar-refractivity contribution in [3.8, 4) is 6.07 Å². The Balaban J connectivity index is 2.35. The van der Waals surface area contributed by atoms with E-state index in [-0.39, 0.29) is 17.8 Å². The lowest BCUT2D eigenvalue weighted by Crippen LogP contribution is -2.47. The summed E-state index contributed by atoms with van der Waals surface area (Å²) in [6.07, 6.45) is 2.04. The van der Waals surface area contributed by atoms with Gasteiger partial charge in [-0.25, -0.2) is 0 Å². The van der Waals surface area contributed by atoms with Gasteiger partial charge in [0.15, 0.2) is 0 Å². The van der Waals surface area contributed by atoms with Crippen LogP contribution in [0, 0.1) is 17.2 Å². The van der Waals surface area contributed by atoms with Gasteiger partial charge >= 0.3 is 0 Å². The van der Waals surface area contributed by atoms with Crippen molar-refractivity contribution in [1.29, 1.82) is 5.26 Å². The Bertz CT molecular complexity index is 299. The summed E-state index contributed by atoms with van der Waals surface area (Å²) in [6.45, 7) is 3.71. The average molecular weight is 242 g/mol. The van der Waals surface area contributed by atoms with E-state index in [1.54, 1.807) is 6.92 Å². The first-order chi connectivity index (χ1) is 7.51. The normalized spacial score (nSPS) is 20.6. The molecule has 0 aromatic carbocycles. The van der Waals surface area contributed by atoms with Crippen molar-refractivity contribution >= 4 is 17.7 Å². The molecular weight excluding hydrogens is 224 g/mol. The van der Waals surface area contributed by atoms with Crippen molar-refractivity contribution < 1.29 is 9.90 Å². The number of aliphatic hydroxyl groups is 1. The molecule has 0 aliphatic heterocycles. The Hall–Kier alpha value is -0.730. The molecule has 0 saturated heterocycles.